The molecule has 0 saturated carbocycles. The Morgan fingerprint density at radius 2 is 1.26 bits per heavy atom. The molecular weight excluding hydrogens is 312 g/mol. The van der Waals surface area contributed by atoms with Crippen molar-refractivity contribution in [2.45, 2.75) is 104 Å². The highest BCUT2D eigenvalue weighted by atomic mass is 32.3. The maximum atomic E-state index is 10.4. The van der Waals surface area contributed by atoms with Crippen molar-refractivity contribution < 1.29 is 17.2 Å². The molecular formula is C18H38O4S. The number of unbranched alkanes of at least 4 members (excludes halogenated alkanes) is 9. The first kappa shape index (κ1) is 22.9. The Bertz CT molecular complexity index is 341. The average molecular weight is 351 g/mol. The predicted octanol–water partition coefficient (Wildman–Crippen LogP) is 5.92. The van der Waals surface area contributed by atoms with E-state index in [4.69, 9.17) is 4.55 Å². The van der Waals surface area contributed by atoms with Crippen LogP contribution in [0.4, 0.5) is 0 Å². The van der Waals surface area contributed by atoms with Crippen LogP contribution in [0.1, 0.15) is 104 Å². The zero-order valence-corrected chi connectivity index (χ0v) is 16.1. The lowest BCUT2D eigenvalue weighted by Crippen LogP contribution is -2.04. The Hall–Kier alpha value is -0.130. The fraction of sp³-hybridized carbons (Fsp3) is 1.00. The molecule has 23 heavy (non-hydrogen) atoms. The van der Waals surface area contributed by atoms with E-state index in [2.05, 4.69) is 18.0 Å². The minimum atomic E-state index is -4.25. The standard InChI is InChI=1S/C18H38O4S/c1-3-5-6-7-9-12-15-18(4-2)16-13-10-8-11-14-17-22-23(19,20)21/h18H,3-17H2,1-2H3,(H,19,20,21). The van der Waals surface area contributed by atoms with Crippen molar-refractivity contribution in [3.63, 3.8) is 0 Å². The van der Waals surface area contributed by atoms with Crippen molar-refractivity contribution in [1.29, 1.82) is 0 Å². The Balaban J connectivity index is 3.39. The van der Waals surface area contributed by atoms with Crippen LogP contribution in [0.25, 0.3) is 0 Å². The minimum absolute atomic E-state index is 0.0917. The fourth-order valence-corrected chi connectivity index (χ4v) is 3.32. The molecule has 0 saturated heterocycles. The first-order valence-electron chi connectivity index (χ1n) is 9.61. The van der Waals surface area contributed by atoms with Gasteiger partial charge in [-0.25, -0.2) is 4.18 Å². The first-order valence-corrected chi connectivity index (χ1v) is 11.0. The van der Waals surface area contributed by atoms with Gasteiger partial charge in [-0.15, -0.1) is 0 Å². The smallest absolute Gasteiger partial charge is 0.264 e. The fourth-order valence-electron chi connectivity index (χ4n) is 3.00. The second kappa shape index (κ2) is 15.4. The van der Waals surface area contributed by atoms with Crippen LogP contribution in [0.2, 0.25) is 0 Å². The molecule has 0 aliphatic carbocycles. The molecule has 0 amide bonds. The molecule has 0 radical (unpaired) electrons. The Kier molecular flexibility index (Phi) is 15.3. The third-order valence-electron chi connectivity index (χ3n) is 4.53. The summed E-state index contributed by atoms with van der Waals surface area (Å²) in [6.45, 7) is 4.65. The molecule has 1 atom stereocenters. The van der Waals surface area contributed by atoms with Gasteiger partial charge < -0.3 is 0 Å². The molecule has 0 spiro atoms. The summed E-state index contributed by atoms with van der Waals surface area (Å²) in [6.07, 6.45) is 17.5. The van der Waals surface area contributed by atoms with Gasteiger partial charge in [0.15, 0.2) is 0 Å². The van der Waals surface area contributed by atoms with Crippen LogP contribution in [0, 0.1) is 5.92 Å². The molecule has 0 aromatic rings. The number of rotatable bonds is 17. The Morgan fingerprint density at radius 1 is 0.783 bits per heavy atom. The molecule has 0 rings (SSSR count). The van der Waals surface area contributed by atoms with Gasteiger partial charge >= 0.3 is 10.4 Å². The highest BCUT2D eigenvalue weighted by Crippen LogP contribution is 2.21. The summed E-state index contributed by atoms with van der Waals surface area (Å²) >= 11 is 0. The van der Waals surface area contributed by atoms with E-state index >= 15 is 0 Å². The monoisotopic (exact) mass is 350 g/mol. The van der Waals surface area contributed by atoms with Gasteiger partial charge in [-0.1, -0.05) is 97.3 Å². The van der Waals surface area contributed by atoms with Gasteiger partial charge in [0, 0.05) is 0 Å². The van der Waals surface area contributed by atoms with Crippen molar-refractivity contribution in [1.82, 2.24) is 0 Å². The molecule has 0 aromatic heterocycles. The molecule has 0 aliphatic rings. The summed E-state index contributed by atoms with van der Waals surface area (Å²) in [5.41, 5.74) is 0. The quantitative estimate of drug-likeness (QED) is 0.261. The summed E-state index contributed by atoms with van der Waals surface area (Å²) in [6, 6.07) is 0. The van der Waals surface area contributed by atoms with Crippen LogP contribution in [0.5, 0.6) is 0 Å². The predicted molar refractivity (Wildman–Crippen MR) is 97.0 cm³/mol. The molecule has 5 heteroatoms. The van der Waals surface area contributed by atoms with E-state index in [0.29, 0.717) is 6.42 Å². The second-order valence-corrected chi connectivity index (χ2v) is 7.73. The van der Waals surface area contributed by atoms with Gasteiger partial charge in [0.2, 0.25) is 0 Å². The van der Waals surface area contributed by atoms with E-state index < -0.39 is 10.4 Å². The summed E-state index contributed by atoms with van der Waals surface area (Å²) in [4.78, 5) is 0. The van der Waals surface area contributed by atoms with Crippen molar-refractivity contribution in [2.24, 2.45) is 5.92 Å². The topological polar surface area (TPSA) is 63.6 Å². The molecule has 0 aliphatic heterocycles. The van der Waals surface area contributed by atoms with Crippen LogP contribution in [0.3, 0.4) is 0 Å². The van der Waals surface area contributed by atoms with Gasteiger partial charge in [-0.3, -0.25) is 4.55 Å². The summed E-state index contributed by atoms with van der Waals surface area (Å²) < 4.78 is 33.5. The molecule has 4 nitrogen and oxygen atoms in total. The van der Waals surface area contributed by atoms with E-state index in [-0.39, 0.29) is 6.61 Å². The molecule has 1 unspecified atom stereocenters. The van der Waals surface area contributed by atoms with E-state index in [1.54, 1.807) is 0 Å². The van der Waals surface area contributed by atoms with E-state index in [1.165, 1.54) is 70.6 Å². The summed E-state index contributed by atoms with van der Waals surface area (Å²) in [5.74, 6) is 0.879. The Morgan fingerprint density at radius 3 is 1.74 bits per heavy atom. The van der Waals surface area contributed by atoms with Gasteiger partial charge in [0.05, 0.1) is 6.61 Å². The highest BCUT2D eigenvalue weighted by Gasteiger charge is 2.06. The minimum Gasteiger partial charge on any atom is -0.264 e. The van der Waals surface area contributed by atoms with Gasteiger partial charge in [-0.05, 0) is 12.3 Å². The lowest BCUT2D eigenvalue weighted by molar-refractivity contribution is 0.261. The van der Waals surface area contributed by atoms with Crippen LogP contribution in [-0.4, -0.2) is 19.6 Å². The zero-order valence-electron chi connectivity index (χ0n) is 15.3. The number of hydrogen-bond donors (Lipinski definition) is 1. The lowest BCUT2D eigenvalue weighted by Gasteiger charge is -2.14. The van der Waals surface area contributed by atoms with Crippen LogP contribution in [0.15, 0.2) is 0 Å². The van der Waals surface area contributed by atoms with Gasteiger partial charge in [-0.2, -0.15) is 8.42 Å². The lowest BCUT2D eigenvalue weighted by atomic mass is 9.92. The molecule has 0 aromatic carbocycles. The first-order chi connectivity index (χ1) is 11.0. The molecule has 140 valence electrons. The van der Waals surface area contributed by atoms with Crippen molar-refractivity contribution in [2.75, 3.05) is 6.61 Å². The van der Waals surface area contributed by atoms with E-state index in [9.17, 15) is 8.42 Å². The SMILES string of the molecule is CCCCCCCCC(CC)CCCCCCCOS(=O)(=O)O. The van der Waals surface area contributed by atoms with Crippen LogP contribution < -0.4 is 0 Å². The van der Waals surface area contributed by atoms with Crippen LogP contribution >= 0.6 is 0 Å². The normalized spacial score (nSPS) is 13.3. The third kappa shape index (κ3) is 18.1. The maximum absolute atomic E-state index is 10.4. The third-order valence-corrected chi connectivity index (χ3v) is 5.00. The maximum Gasteiger partial charge on any atom is 0.397 e. The van der Waals surface area contributed by atoms with Crippen LogP contribution in [-0.2, 0) is 14.6 Å². The molecule has 0 bridgehead atoms. The van der Waals surface area contributed by atoms with E-state index in [1.807, 2.05) is 0 Å². The van der Waals surface area contributed by atoms with Crippen molar-refractivity contribution in [3.05, 3.63) is 0 Å². The molecule has 0 heterocycles. The average Bonchev–Trinajstić information content (AvgIpc) is 2.50. The second-order valence-electron chi connectivity index (χ2n) is 6.64. The van der Waals surface area contributed by atoms with Gasteiger partial charge in [0.1, 0.15) is 0 Å². The summed E-state index contributed by atoms with van der Waals surface area (Å²) in [5, 5.41) is 0. The summed E-state index contributed by atoms with van der Waals surface area (Å²) in [7, 11) is -4.25. The Labute approximate surface area is 144 Å². The van der Waals surface area contributed by atoms with E-state index in [0.717, 1.165) is 18.8 Å². The molecule has 0 fully saturated rings. The number of hydrogen-bond acceptors (Lipinski definition) is 3. The molecule has 1 N–H and O–H groups in total. The van der Waals surface area contributed by atoms with Gasteiger partial charge in [0.25, 0.3) is 0 Å². The largest absolute Gasteiger partial charge is 0.397 e. The highest BCUT2D eigenvalue weighted by molar-refractivity contribution is 7.80. The van der Waals surface area contributed by atoms with Crippen molar-refractivity contribution >= 4 is 10.4 Å². The zero-order chi connectivity index (χ0) is 17.4. The van der Waals surface area contributed by atoms with Crippen molar-refractivity contribution in [3.8, 4) is 0 Å².